The van der Waals surface area contributed by atoms with Crippen LogP contribution < -0.4 is 10.1 Å². The van der Waals surface area contributed by atoms with E-state index in [0.29, 0.717) is 36.1 Å². The van der Waals surface area contributed by atoms with E-state index in [1.54, 1.807) is 18.2 Å². The first kappa shape index (κ1) is 20.9. The van der Waals surface area contributed by atoms with E-state index in [2.05, 4.69) is 5.32 Å². The molecule has 0 fully saturated rings. The Morgan fingerprint density at radius 2 is 1.79 bits per heavy atom. The van der Waals surface area contributed by atoms with Gasteiger partial charge in [-0.3, -0.25) is 4.79 Å². The van der Waals surface area contributed by atoms with Crippen LogP contribution in [0.1, 0.15) is 34.0 Å². The van der Waals surface area contributed by atoms with Crippen molar-refractivity contribution in [3.05, 3.63) is 94.0 Å². The van der Waals surface area contributed by atoms with Crippen LogP contribution >= 0.6 is 11.6 Å². The standard InChI is InChI=1S/C24H24ClNO3/c1-3-29-23-12-10-19(24(27)26-21-11-9-17(2)22(25)14-21)13-20(23)16-28-15-18-7-5-4-6-8-18/h4-14H,3,15-16H2,1-2H3,(H,26,27). The Bertz CT molecular complexity index is 973. The first-order valence-electron chi connectivity index (χ1n) is 9.51. The lowest BCUT2D eigenvalue weighted by atomic mass is 10.1. The molecule has 29 heavy (non-hydrogen) atoms. The molecule has 0 heterocycles. The molecule has 0 saturated heterocycles. The van der Waals surface area contributed by atoms with E-state index in [0.717, 1.165) is 22.4 Å². The summed E-state index contributed by atoms with van der Waals surface area (Å²) < 4.78 is 11.5. The van der Waals surface area contributed by atoms with Crippen molar-refractivity contribution in [3.63, 3.8) is 0 Å². The maximum atomic E-state index is 12.7. The zero-order chi connectivity index (χ0) is 20.6. The molecule has 0 radical (unpaired) electrons. The van der Waals surface area contributed by atoms with Gasteiger partial charge in [0.1, 0.15) is 5.75 Å². The first-order chi connectivity index (χ1) is 14.1. The van der Waals surface area contributed by atoms with Gasteiger partial charge in [-0.15, -0.1) is 0 Å². The zero-order valence-corrected chi connectivity index (χ0v) is 17.3. The van der Waals surface area contributed by atoms with Gasteiger partial charge in [-0.25, -0.2) is 0 Å². The summed E-state index contributed by atoms with van der Waals surface area (Å²) in [6.07, 6.45) is 0. The summed E-state index contributed by atoms with van der Waals surface area (Å²) in [4.78, 5) is 12.7. The van der Waals surface area contributed by atoms with Crippen molar-refractivity contribution in [1.29, 1.82) is 0 Å². The third kappa shape index (κ3) is 5.83. The molecule has 3 aromatic carbocycles. The molecule has 3 aromatic rings. The van der Waals surface area contributed by atoms with Crippen LogP contribution in [0.3, 0.4) is 0 Å². The number of ether oxygens (including phenoxy) is 2. The monoisotopic (exact) mass is 409 g/mol. The Kier molecular flexibility index (Phi) is 7.28. The second kappa shape index (κ2) is 10.1. The summed E-state index contributed by atoms with van der Waals surface area (Å²) in [6, 6.07) is 20.8. The molecule has 0 aliphatic heterocycles. The highest BCUT2D eigenvalue weighted by molar-refractivity contribution is 6.31. The van der Waals surface area contributed by atoms with E-state index in [9.17, 15) is 4.79 Å². The fraction of sp³-hybridized carbons (Fsp3) is 0.208. The summed E-state index contributed by atoms with van der Waals surface area (Å²) in [5, 5.41) is 3.50. The molecule has 5 heteroatoms. The number of benzene rings is 3. The molecule has 0 aliphatic rings. The molecule has 3 rings (SSSR count). The second-order valence-electron chi connectivity index (χ2n) is 6.65. The summed E-state index contributed by atoms with van der Waals surface area (Å²) in [7, 11) is 0. The number of nitrogens with one attached hydrogen (secondary N) is 1. The van der Waals surface area contributed by atoms with Gasteiger partial charge in [0, 0.05) is 21.8 Å². The fourth-order valence-corrected chi connectivity index (χ4v) is 3.04. The third-order valence-corrected chi connectivity index (χ3v) is 4.83. The van der Waals surface area contributed by atoms with Crippen LogP contribution in [0.2, 0.25) is 5.02 Å². The number of hydrogen-bond donors (Lipinski definition) is 1. The molecule has 0 bridgehead atoms. The lowest BCUT2D eigenvalue weighted by Crippen LogP contribution is -2.13. The van der Waals surface area contributed by atoms with Gasteiger partial charge in [-0.2, -0.15) is 0 Å². The van der Waals surface area contributed by atoms with Crippen LogP contribution in [0.5, 0.6) is 5.75 Å². The molecule has 150 valence electrons. The van der Waals surface area contributed by atoms with Crippen molar-refractivity contribution in [2.75, 3.05) is 11.9 Å². The predicted molar refractivity (Wildman–Crippen MR) is 117 cm³/mol. The van der Waals surface area contributed by atoms with Crippen molar-refractivity contribution < 1.29 is 14.3 Å². The Morgan fingerprint density at radius 1 is 1.00 bits per heavy atom. The molecule has 0 aliphatic carbocycles. The van der Waals surface area contributed by atoms with E-state index in [-0.39, 0.29) is 5.91 Å². The van der Waals surface area contributed by atoms with Gasteiger partial charge in [0.05, 0.1) is 19.8 Å². The van der Waals surface area contributed by atoms with Gasteiger partial charge in [0.25, 0.3) is 5.91 Å². The highest BCUT2D eigenvalue weighted by Gasteiger charge is 2.12. The summed E-state index contributed by atoms with van der Waals surface area (Å²) in [5.74, 6) is 0.507. The minimum atomic E-state index is -0.211. The van der Waals surface area contributed by atoms with Gasteiger partial charge in [0.15, 0.2) is 0 Å². The second-order valence-corrected chi connectivity index (χ2v) is 7.06. The van der Waals surface area contributed by atoms with Gasteiger partial charge in [-0.1, -0.05) is 48.0 Å². The SMILES string of the molecule is CCOc1ccc(C(=O)Nc2ccc(C)c(Cl)c2)cc1COCc1ccccc1. The van der Waals surface area contributed by atoms with E-state index in [4.69, 9.17) is 21.1 Å². The summed E-state index contributed by atoms with van der Waals surface area (Å²) in [5.41, 5.74) is 4.07. The van der Waals surface area contributed by atoms with Crippen LogP contribution in [0.4, 0.5) is 5.69 Å². The smallest absolute Gasteiger partial charge is 0.255 e. The Labute approximate surface area is 176 Å². The van der Waals surface area contributed by atoms with Crippen LogP contribution in [0.15, 0.2) is 66.7 Å². The van der Waals surface area contributed by atoms with Gasteiger partial charge >= 0.3 is 0 Å². The number of carbonyl (C=O) groups excluding carboxylic acids is 1. The van der Waals surface area contributed by atoms with Gasteiger partial charge in [0.2, 0.25) is 0 Å². The number of carbonyl (C=O) groups is 1. The quantitative estimate of drug-likeness (QED) is 0.495. The van der Waals surface area contributed by atoms with E-state index < -0.39 is 0 Å². The highest BCUT2D eigenvalue weighted by Crippen LogP contribution is 2.24. The molecule has 0 unspecified atom stereocenters. The minimum absolute atomic E-state index is 0.211. The number of rotatable bonds is 8. The first-order valence-corrected chi connectivity index (χ1v) is 9.89. The molecule has 0 saturated carbocycles. The number of halogens is 1. The van der Waals surface area contributed by atoms with Crippen molar-refractivity contribution in [2.24, 2.45) is 0 Å². The molecule has 0 atom stereocenters. The van der Waals surface area contributed by atoms with Crippen LogP contribution in [-0.4, -0.2) is 12.5 Å². The normalized spacial score (nSPS) is 10.6. The molecular formula is C24H24ClNO3. The molecule has 0 spiro atoms. The molecule has 1 amide bonds. The van der Waals surface area contributed by atoms with Crippen LogP contribution in [0, 0.1) is 6.92 Å². The third-order valence-electron chi connectivity index (χ3n) is 4.42. The highest BCUT2D eigenvalue weighted by atomic mass is 35.5. The average Bonchev–Trinajstić information content (AvgIpc) is 2.73. The lowest BCUT2D eigenvalue weighted by molar-refractivity contribution is 0.101. The maximum absolute atomic E-state index is 12.7. The predicted octanol–water partition coefficient (Wildman–Crippen LogP) is 6.02. The summed E-state index contributed by atoms with van der Waals surface area (Å²) in [6.45, 7) is 5.23. The Morgan fingerprint density at radius 3 is 2.52 bits per heavy atom. The Balaban J connectivity index is 1.72. The molecule has 0 aromatic heterocycles. The fourth-order valence-electron chi connectivity index (χ4n) is 2.86. The number of anilines is 1. The van der Waals surface area contributed by atoms with Crippen LogP contribution in [0.25, 0.3) is 0 Å². The number of hydrogen-bond acceptors (Lipinski definition) is 3. The number of aryl methyl sites for hydroxylation is 1. The van der Waals surface area contributed by atoms with Gasteiger partial charge < -0.3 is 14.8 Å². The average molecular weight is 410 g/mol. The van der Waals surface area contributed by atoms with E-state index in [1.165, 1.54) is 0 Å². The van der Waals surface area contributed by atoms with Crippen molar-refractivity contribution in [1.82, 2.24) is 0 Å². The van der Waals surface area contributed by atoms with Crippen molar-refractivity contribution in [2.45, 2.75) is 27.1 Å². The molecule has 1 N–H and O–H groups in total. The topological polar surface area (TPSA) is 47.6 Å². The van der Waals surface area contributed by atoms with Crippen molar-refractivity contribution in [3.8, 4) is 5.75 Å². The maximum Gasteiger partial charge on any atom is 0.255 e. The Hall–Kier alpha value is -2.82. The molecular weight excluding hydrogens is 386 g/mol. The number of amides is 1. The largest absolute Gasteiger partial charge is 0.494 e. The summed E-state index contributed by atoms with van der Waals surface area (Å²) >= 11 is 6.15. The lowest BCUT2D eigenvalue weighted by Gasteiger charge is -2.13. The van der Waals surface area contributed by atoms with E-state index >= 15 is 0 Å². The van der Waals surface area contributed by atoms with E-state index in [1.807, 2.05) is 62.4 Å². The van der Waals surface area contributed by atoms with Gasteiger partial charge in [-0.05, 0) is 55.3 Å². The minimum Gasteiger partial charge on any atom is -0.494 e. The zero-order valence-electron chi connectivity index (χ0n) is 16.6. The molecule has 4 nitrogen and oxygen atoms in total. The van der Waals surface area contributed by atoms with Crippen molar-refractivity contribution >= 4 is 23.2 Å². The van der Waals surface area contributed by atoms with Crippen LogP contribution in [-0.2, 0) is 18.0 Å².